The van der Waals surface area contributed by atoms with Crippen LogP contribution in [-0.2, 0) is 0 Å². The number of aromatic nitrogens is 2. The minimum absolute atomic E-state index is 0.0714. The second kappa shape index (κ2) is 4.78. The molecule has 0 fully saturated rings. The Morgan fingerprint density at radius 1 is 1.47 bits per heavy atom. The molecule has 0 aromatic carbocycles. The van der Waals surface area contributed by atoms with Crippen LogP contribution in [0.15, 0.2) is 29.2 Å². The third-order valence-electron chi connectivity index (χ3n) is 2.43. The lowest BCUT2D eigenvalue weighted by Crippen LogP contribution is -2.22. The molecule has 88 valence electrons. The van der Waals surface area contributed by atoms with Crippen LogP contribution < -0.4 is 10.9 Å². The number of nitrogens with one attached hydrogen (secondary N) is 1. The lowest BCUT2D eigenvalue weighted by atomic mass is 10.3. The Balaban J connectivity index is 2.66. The zero-order valence-electron chi connectivity index (χ0n) is 9.51. The molecule has 0 aliphatic rings. The van der Waals surface area contributed by atoms with E-state index in [-0.39, 0.29) is 11.1 Å². The summed E-state index contributed by atoms with van der Waals surface area (Å²) in [7, 11) is 0. The first kappa shape index (κ1) is 11.3. The number of fused-ring (bicyclic) bond motifs is 1. The molecule has 0 amide bonds. The third-order valence-corrected chi connectivity index (χ3v) is 2.43. The molecule has 0 aliphatic heterocycles. The van der Waals surface area contributed by atoms with Gasteiger partial charge in [0, 0.05) is 12.7 Å². The van der Waals surface area contributed by atoms with E-state index in [1.54, 1.807) is 24.4 Å². The van der Waals surface area contributed by atoms with Crippen molar-refractivity contribution in [2.24, 2.45) is 0 Å². The van der Waals surface area contributed by atoms with Gasteiger partial charge in [-0.05, 0) is 18.6 Å². The van der Waals surface area contributed by atoms with E-state index in [0.29, 0.717) is 24.3 Å². The Kier molecular flexibility index (Phi) is 3.18. The summed E-state index contributed by atoms with van der Waals surface area (Å²) in [5.74, 6) is 0.359. The molecule has 2 aromatic heterocycles. The average molecular weight is 231 g/mol. The minimum atomic E-state index is -0.343. The molecule has 1 N–H and O–H groups in total. The first-order chi connectivity index (χ1) is 8.27. The van der Waals surface area contributed by atoms with Crippen LogP contribution in [0.5, 0.6) is 0 Å². The predicted octanol–water partition coefficient (Wildman–Crippen LogP) is 1.33. The molecule has 0 saturated heterocycles. The fraction of sp³-hybridized carbons (Fsp3) is 0.250. The van der Waals surface area contributed by atoms with Gasteiger partial charge in [-0.2, -0.15) is 0 Å². The van der Waals surface area contributed by atoms with Gasteiger partial charge in [0.15, 0.2) is 6.29 Å². The van der Waals surface area contributed by atoms with Crippen LogP contribution in [0.2, 0.25) is 0 Å². The second-order valence-electron chi connectivity index (χ2n) is 3.65. The van der Waals surface area contributed by atoms with Gasteiger partial charge in [0.2, 0.25) is 0 Å². The van der Waals surface area contributed by atoms with E-state index in [4.69, 9.17) is 0 Å². The zero-order chi connectivity index (χ0) is 12.3. The fourth-order valence-electron chi connectivity index (χ4n) is 1.59. The van der Waals surface area contributed by atoms with Gasteiger partial charge in [-0.3, -0.25) is 14.0 Å². The highest BCUT2D eigenvalue weighted by atomic mass is 16.1. The summed E-state index contributed by atoms with van der Waals surface area (Å²) in [5, 5.41) is 2.99. The Morgan fingerprint density at radius 3 is 3.00 bits per heavy atom. The Bertz CT molecular complexity index is 604. The van der Waals surface area contributed by atoms with Gasteiger partial charge in [-0.1, -0.05) is 13.0 Å². The first-order valence-corrected chi connectivity index (χ1v) is 5.48. The lowest BCUT2D eigenvalue weighted by Gasteiger charge is -2.08. The normalized spacial score (nSPS) is 10.4. The fourth-order valence-corrected chi connectivity index (χ4v) is 1.59. The van der Waals surface area contributed by atoms with Gasteiger partial charge in [0.25, 0.3) is 5.56 Å². The maximum absolute atomic E-state index is 12.0. The molecule has 0 aliphatic carbocycles. The molecule has 2 aromatic rings. The Hall–Kier alpha value is -2.17. The number of nitrogens with zero attached hydrogens (tertiary/aromatic N) is 2. The van der Waals surface area contributed by atoms with Crippen molar-refractivity contribution in [3.63, 3.8) is 0 Å². The van der Waals surface area contributed by atoms with Crippen LogP contribution in [0.1, 0.15) is 23.7 Å². The predicted molar refractivity (Wildman–Crippen MR) is 65.6 cm³/mol. The van der Waals surface area contributed by atoms with E-state index in [1.807, 2.05) is 6.92 Å². The largest absolute Gasteiger partial charge is 0.369 e. The number of anilines is 1. The molecule has 2 heterocycles. The minimum Gasteiger partial charge on any atom is -0.369 e. The third kappa shape index (κ3) is 2.04. The van der Waals surface area contributed by atoms with E-state index >= 15 is 0 Å². The standard InChI is InChI=1S/C12H13N3O2/c1-2-6-13-11-9(8-16)12(17)15-7-4-3-5-10(15)14-11/h3-5,7-8,13H,2,6H2,1H3. The molecule has 0 atom stereocenters. The van der Waals surface area contributed by atoms with E-state index in [1.165, 1.54) is 4.40 Å². The summed E-state index contributed by atoms with van der Waals surface area (Å²) in [6.45, 7) is 2.68. The van der Waals surface area contributed by atoms with Crippen LogP contribution in [-0.4, -0.2) is 22.2 Å². The molecule has 0 radical (unpaired) electrons. The number of carbonyl (C=O) groups excluding carboxylic acids is 1. The molecule has 5 nitrogen and oxygen atoms in total. The van der Waals surface area contributed by atoms with Gasteiger partial charge in [-0.15, -0.1) is 0 Å². The second-order valence-corrected chi connectivity index (χ2v) is 3.65. The van der Waals surface area contributed by atoms with E-state index in [0.717, 1.165) is 6.42 Å². The topological polar surface area (TPSA) is 63.5 Å². The molecule has 0 spiro atoms. The number of rotatable bonds is 4. The maximum Gasteiger partial charge on any atom is 0.270 e. The average Bonchev–Trinajstić information content (AvgIpc) is 2.36. The van der Waals surface area contributed by atoms with E-state index in [9.17, 15) is 9.59 Å². The van der Waals surface area contributed by atoms with Crippen molar-refractivity contribution in [3.05, 3.63) is 40.3 Å². The van der Waals surface area contributed by atoms with Crippen molar-refractivity contribution < 1.29 is 4.79 Å². The summed E-state index contributed by atoms with van der Waals surface area (Å²) < 4.78 is 1.36. The van der Waals surface area contributed by atoms with Crippen molar-refractivity contribution in [3.8, 4) is 0 Å². The van der Waals surface area contributed by atoms with Crippen LogP contribution in [0.25, 0.3) is 5.65 Å². The smallest absolute Gasteiger partial charge is 0.270 e. The molecule has 0 saturated carbocycles. The van der Waals surface area contributed by atoms with Gasteiger partial charge in [0.1, 0.15) is 17.0 Å². The zero-order valence-corrected chi connectivity index (χ0v) is 9.51. The number of pyridine rings is 1. The van der Waals surface area contributed by atoms with Gasteiger partial charge in [0.05, 0.1) is 0 Å². The number of aldehydes is 1. The molecule has 17 heavy (non-hydrogen) atoms. The quantitative estimate of drug-likeness (QED) is 0.806. The summed E-state index contributed by atoms with van der Waals surface area (Å²) in [6.07, 6.45) is 3.04. The van der Waals surface area contributed by atoms with E-state index in [2.05, 4.69) is 10.3 Å². The van der Waals surface area contributed by atoms with Crippen LogP contribution in [0, 0.1) is 0 Å². The van der Waals surface area contributed by atoms with E-state index < -0.39 is 0 Å². The van der Waals surface area contributed by atoms with Gasteiger partial charge >= 0.3 is 0 Å². The molecule has 0 unspecified atom stereocenters. The SMILES string of the molecule is CCCNc1nc2ccccn2c(=O)c1C=O. The summed E-state index contributed by atoms with van der Waals surface area (Å²) in [5.41, 5.74) is 0.257. The lowest BCUT2D eigenvalue weighted by molar-refractivity contribution is 0.112. The van der Waals surface area contributed by atoms with Crippen molar-refractivity contribution in [2.75, 3.05) is 11.9 Å². The van der Waals surface area contributed by atoms with Gasteiger partial charge < -0.3 is 5.32 Å². The van der Waals surface area contributed by atoms with Crippen molar-refractivity contribution >= 4 is 17.8 Å². The van der Waals surface area contributed by atoms with Gasteiger partial charge in [-0.25, -0.2) is 4.98 Å². The van der Waals surface area contributed by atoms with Crippen LogP contribution in [0.4, 0.5) is 5.82 Å². The Morgan fingerprint density at radius 2 is 2.29 bits per heavy atom. The number of hydrogen-bond acceptors (Lipinski definition) is 4. The Labute approximate surface area is 98.1 Å². The summed E-state index contributed by atoms with van der Waals surface area (Å²) >= 11 is 0. The summed E-state index contributed by atoms with van der Waals surface area (Å²) in [6, 6.07) is 5.25. The number of hydrogen-bond donors (Lipinski definition) is 1. The highest BCUT2D eigenvalue weighted by Crippen LogP contribution is 2.08. The van der Waals surface area contributed by atoms with Crippen LogP contribution >= 0.6 is 0 Å². The number of carbonyl (C=O) groups is 1. The molecular weight excluding hydrogens is 218 g/mol. The molecule has 5 heteroatoms. The highest BCUT2D eigenvalue weighted by molar-refractivity contribution is 5.82. The van der Waals surface area contributed by atoms with Crippen molar-refractivity contribution in [1.82, 2.24) is 9.38 Å². The first-order valence-electron chi connectivity index (χ1n) is 5.48. The van der Waals surface area contributed by atoms with Crippen molar-refractivity contribution in [1.29, 1.82) is 0 Å². The summed E-state index contributed by atoms with van der Waals surface area (Å²) in [4.78, 5) is 27.2. The maximum atomic E-state index is 12.0. The van der Waals surface area contributed by atoms with Crippen molar-refractivity contribution in [2.45, 2.75) is 13.3 Å². The van der Waals surface area contributed by atoms with Crippen LogP contribution in [0.3, 0.4) is 0 Å². The molecular formula is C12H13N3O2. The molecule has 0 bridgehead atoms. The monoisotopic (exact) mass is 231 g/mol. The molecule has 2 rings (SSSR count). The highest BCUT2D eigenvalue weighted by Gasteiger charge is 2.10.